The van der Waals surface area contributed by atoms with Gasteiger partial charge in [0.05, 0.1) is 12.8 Å². The third kappa shape index (κ3) is 5.83. The smallest absolute Gasteiger partial charge is 0.180 e. The van der Waals surface area contributed by atoms with Crippen LogP contribution in [0, 0.1) is 0 Å². The third-order valence-corrected chi connectivity index (χ3v) is 7.11. The number of piperazine rings is 1. The van der Waals surface area contributed by atoms with Gasteiger partial charge in [-0.05, 0) is 43.9 Å². The van der Waals surface area contributed by atoms with Gasteiger partial charge in [-0.2, -0.15) is 0 Å². The second-order valence-electron chi connectivity index (χ2n) is 9.95. The molecule has 5 rings (SSSR count). The lowest BCUT2D eigenvalue weighted by Gasteiger charge is -2.38. The van der Waals surface area contributed by atoms with E-state index in [0.29, 0.717) is 0 Å². The van der Waals surface area contributed by atoms with E-state index in [2.05, 4.69) is 50.8 Å². The molecule has 0 radical (unpaired) electrons. The molecule has 190 valence electrons. The lowest BCUT2D eigenvalue weighted by molar-refractivity contribution is 0.226. The predicted molar refractivity (Wildman–Crippen MR) is 143 cm³/mol. The Kier molecular flexibility index (Phi) is 7.75. The van der Waals surface area contributed by atoms with Gasteiger partial charge in [0.2, 0.25) is 0 Å². The number of likely N-dealkylation sites (N-methyl/N-ethyl adjacent to an activating group) is 1. The zero-order valence-corrected chi connectivity index (χ0v) is 21.7. The number of aromatic nitrogens is 3. The second kappa shape index (κ2) is 11.3. The Morgan fingerprint density at radius 1 is 0.917 bits per heavy atom. The summed E-state index contributed by atoms with van der Waals surface area (Å²) in [5.41, 5.74) is 4.58. The van der Waals surface area contributed by atoms with Crippen LogP contribution >= 0.6 is 0 Å². The van der Waals surface area contributed by atoms with Crippen molar-refractivity contribution in [2.75, 3.05) is 71.9 Å². The van der Waals surface area contributed by atoms with Gasteiger partial charge in [-0.1, -0.05) is 18.2 Å². The number of methoxy groups -OCH3 is 1. The van der Waals surface area contributed by atoms with Crippen LogP contribution in [-0.4, -0.2) is 96.7 Å². The Bertz CT molecular complexity index is 1130. The quantitative estimate of drug-likeness (QED) is 0.481. The van der Waals surface area contributed by atoms with Crippen LogP contribution in [-0.2, 0) is 19.5 Å². The molecule has 1 saturated heterocycles. The van der Waals surface area contributed by atoms with Gasteiger partial charge >= 0.3 is 0 Å². The minimum atomic E-state index is 0.739. The van der Waals surface area contributed by atoms with Gasteiger partial charge in [0.15, 0.2) is 5.82 Å². The van der Waals surface area contributed by atoms with Crippen molar-refractivity contribution in [2.24, 2.45) is 0 Å². The summed E-state index contributed by atoms with van der Waals surface area (Å²) in [4.78, 5) is 24.5. The Balaban J connectivity index is 1.38. The summed E-state index contributed by atoms with van der Waals surface area (Å²) in [6.07, 6.45) is 2.74. The molecule has 0 bridgehead atoms. The summed E-state index contributed by atoms with van der Waals surface area (Å²) in [5, 5.41) is 0. The summed E-state index contributed by atoms with van der Waals surface area (Å²) in [6, 6.07) is 14.3. The molecule has 3 aromatic rings. The normalized spacial score (nSPS) is 16.8. The van der Waals surface area contributed by atoms with Crippen LogP contribution < -0.4 is 9.64 Å². The number of hydrogen-bond donors (Lipinski definition) is 0. The molecule has 0 N–H and O–H groups in total. The summed E-state index contributed by atoms with van der Waals surface area (Å²) >= 11 is 0. The number of rotatable bonds is 8. The molecule has 0 atom stereocenters. The molecule has 1 fully saturated rings. The van der Waals surface area contributed by atoms with Gasteiger partial charge in [0.1, 0.15) is 17.3 Å². The Morgan fingerprint density at radius 2 is 1.72 bits per heavy atom. The van der Waals surface area contributed by atoms with Gasteiger partial charge in [-0.25, -0.2) is 9.97 Å². The number of benzene rings is 1. The van der Waals surface area contributed by atoms with E-state index in [1.807, 2.05) is 36.5 Å². The van der Waals surface area contributed by atoms with Gasteiger partial charge in [0.25, 0.3) is 0 Å². The topological polar surface area (TPSA) is 60.9 Å². The molecule has 0 spiro atoms. The minimum absolute atomic E-state index is 0.739. The van der Waals surface area contributed by atoms with E-state index in [9.17, 15) is 0 Å². The first-order valence-electron chi connectivity index (χ1n) is 12.9. The van der Waals surface area contributed by atoms with Crippen LogP contribution in [0.2, 0.25) is 0 Å². The highest BCUT2D eigenvalue weighted by atomic mass is 16.5. The van der Waals surface area contributed by atoms with Gasteiger partial charge in [-0.3, -0.25) is 14.8 Å². The molecule has 4 heterocycles. The van der Waals surface area contributed by atoms with Crippen molar-refractivity contribution in [3.63, 3.8) is 0 Å². The molecule has 8 heteroatoms. The maximum absolute atomic E-state index is 5.32. The Morgan fingerprint density at radius 3 is 2.42 bits per heavy atom. The molecule has 2 aliphatic heterocycles. The molecular formula is C28H37N7O. The van der Waals surface area contributed by atoms with E-state index in [4.69, 9.17) is 14.7 Å². The zero-order chi connectivity index (χ0) is 24.9. The molecule has 1 aromatic carbocycles. The van der Waals surface area contributed by atoms with E-state index in [0.717, 1.165) is 88.4 Å². The van der Waals surface area contributed by atoms with Crippen LogP contribution in [0.3, 0.4) is 0 Å². The number of hydrogen-bond acceptors (Lipinski definition) is 8. The zero-order valence-electron chi connectivity index (χ0n) is 21.7. The summed E-state index contributed by atoms with van der Waals surface area (Å²) in [7, 11) is 5.99. The molecule has 2 aliphatic rings. The van der Waals surface area contributed by atoms with E-state index >= 15 is 0 Å². The summed E-state index contributed by atoms with van der Waals surface area (Å²) in [5.74, 6) is 2.72. The first-order chi connectivity index (χ1) is 17.6. The lowest BCUT2D eigenvalue weighted by atomic mass is 10.0. The highest BCUT2D eigenvalue weighted by Gasteiger charge is 2.28. The number of ether oxygens (including phenoxy) is 1. The average Bonchev–Trinajstić information content (AvgIpc) is 2.92. The summed E-state index contributed by atoms with van der Waals surface area (Å²) < 4.78 is 5.32. The lowest BCUT2D eigenvalue weighted by Crippen LogP contribution is -2.49. The van der Waals surface area contributed by atoms with Crippen molar-refractivity contribution in [3.05, 3.63) is 65.5 Å². The SMILES string of the molecule is COc1ccc(CN2CCc3nc(-c4ccccn4)nc(N4CCN(CCN(C)C)CC4)c3C2)cc1. The van der Waals surface area contributed by atoms with E-state index in [-0.39, 0.29) is 0 Å². The highest BCUT2D eigenvalue weighted by Crippen LogP contribution is 2.30. The van der Waals surface area contributed by atoms with E-state index in [1.165, 1.54) is 16.8 Å². The fraction of sp³-hybridized carbons (Fsp3) is 0.464. The summed E-state index contributed by atoms with van der Waals surface area (Å²) in [6.45, 7) is 9.03. The maximum atomic E-state index is 5.32. The van der Waals surface area contributed by atoms with Crippen molar-refractivity contribution in [1.82, 2.24) is 29.7 Å². The van der Waals surface area contributed by atoms with Crippen molar-refractivity contribution in [3.8, 4) is 17.3 Å². The number of anilines is 1. The fourth-order valence-electron chi connectivity index (χ4n) is 4.97. The number of pyridine rings is 1. The van der Waals surface area contributed by atoms with Crippen LogP contribution in [0.25, 0.3) is 11.5 Å². The van der Waals surface area contributed by atoms with Crippen molar-refractivity contribution in [1.29, 1.82) is 0 Å². The van der Waals surface area contributed by atoms with Gasteiger partial charge < -0.3 is 14.5 Å². The molecule has 0 saturated carbocycles. The molecule has 0 aliphatic carbocycles. The molecule has 0 amide bonds. The van der Waals surface area contributed by atoms with Crippen LogP contribution in [0.4, 0.5) is 5.82 Å². The molecular weight excluding hydrogens is 450 g/mol. The third-order valence-electron chi connectivity index (χ3n) is 7.11. The fourth-order valence-corrected chi connectivity index (χ4v) is 4.97. The van der Waals surface area contributed by atoms with E-state index in [1.54, 1.807) is 7.11 Å². The predicted octanol–water partition coefficient (Wildman–Crippen LogP) is 2.79. The molecule has 8 nitrogen and oxygen atoms in total. The number of nitrogens with zero attached hydrogens (tertiary/aromatic N) is 7. The van der Waals surface area contributed by atoms with Crippen LogP contribution in [0.5, 0.6) is 5.75 Å². The van der Waals surface area contributed by atoms with Crippen LogP contribution in [0.15, 0.2) is 48.7 Å². The van der Waals surface area contributed by atoms with Crippen molar-refractivity contribution < 1.29 is 4.74 Å². The average molecular weight is 488 g/mol. The molecule has 36 heavy (non-hydrogen) atoms. The van der Waals surface area contributed by atoms with Gasteiger partial charge in [-0.15, -0.1) is 0 Å². The number of fused-ring (bicyclic) bond motifs is 1. The first kappa shape index (κ1) is 24.6. The van der Waals surface area contributed by atoms with Crippen molar-refractivity contribution in [2.45, 2.75) is 19.5 Å². The van der Waals surface area contributed by atoms with E-state index < -0.39 is 0 Å². The molecule has 2 aromatic heterocycles. The van der Waals surface area contributed by atoms with Gasteiger partial charge in [0, 0.05) is 77.1 Å². The monoisotopic (exact) mass is 487 g/mol. The Labute approximate surface area is 214 Å². The first-order valence-corrected chi connectivity index (χ1v) is 12.9. The Hall–Kier alpha value is -3.07. The minimum Gasteiger partial charge on any atom is -0.497 e. The maximum Gasteiger partial charge on any atom is 0.180 e. The van der Waals surface area contributed by atoms with Crippen molar-refractivity contribution >= 4 is 5.82 Å². The second-order valence-corrected chi connectivity index (χ2v) is 9.95. The van der Waals surface area contributed by atoms with Crippen LogP contribution in [0.1, 0.15) is 16.8 Å². The standard InChI is InChI=1S/C28H37N7O/c1-32(2)14-15-33-16-18-35(19-17-33)28-24-21-34(20-22-7-9-23(36-3)10-8-22)13-11-25(24)30-27(31-28)26-6-4-5-12-29-26/h4-10,12H,11,13-21H2,1-3H3. The highest BCUT2D eigenvalue weighted by molar-refractivity contribution is 5.58. The molecule has 0 unspecified atom stereocenters. The largest absolute Gasteiger partial charge is 0.497 e.